The largest absolute Gasteiger partial charge is 0.480 e. The van der Waals surface area contributed by atoms with Crippen molar-refractivity contribution in [2.75, 3.05) is 5.32 Å². The van der Waals surface area contributed by atoms with Crippen LogP contribution in [0, 0.1) is 5.92 Å². The first-order valence-electron chi connectivity index (χ1n) is 10.7. The molecule has 0 bridgehead atoms. The third-order valence-electron chi connectivity index (χ3n) is 6.62. The minimum Gasteiger partial charge on any atom is -0.480 e. The van der Waals surface area contributed by atoms with Crippen molar-refractivity contribution in [3.05, 3.63) is 63.6 Å². The molecule has 2 aromatic carbocycles. The van der Waals surface area contributed by atoms with E-state index in [0.717, 1.165) is 30.5 Å². The number of rotatable bonds is 7. The Morgan fingerprint density at radius 3 is 2.61 bits per heavy atom. The average molecular weight is 491 g/mol. The Labute approximate surface area is 201 Å². The lowest BCUT2D eigenvalue weighted by molar-refractivity contribution is -0.157. The molecule has 1 heterocycles. The van der Waals surface area contributed by atoms with Crippen LogP contribution < -0.4 is 11.1 Å². The maximum atomic E-state index is 12.8. The van der Waals surface area contributed by atoms with Gasteiger partial charge in [0.15, 0.2) is 0 Å². The van der Waals surface area contributed by atoms with E-state index < -0.39 is 35.6 Å². The number of hydrogen-bond acceptors (Lipinski definition) is 6. The Kier molecular flexibility index (Phi) is 6.66. The molecule has 0 amide bonds. The number of carboxylic acid groups (broad SMARTS) is 1. The summed E-state index contributed by atoms with van der Waals surface area (Å²) >= 11 is 11.8. The molecule has 9 heteroatoms. The minimum absolute atomic E-state index is 0.0546. The number of nitrogens with two attached hydrogens (primary N) is 1. The molecule has 2 aliphatic rings. The second-order valence-electron chi connectivity index (χ2n) is 8.68. The van der Waals surface area contributed by atoms with E-state index in [1.807, 2.05) is 24.3 Å². The average Bonchev–Trinajstić information content (AvgIpc) is 3.25. The molecule has 0 radical (unpaired) electrons. The van der Waals surface area contributed by atoms with E-state index in [4.69, 9.17) is 33.7 Å². The van der Waals surface area contributed by atoms with E-state index in [2.05, 4.69) is 5.32 Å². The Balaban J connectivity index is 1.55. The van der Waals surface area contributed by atoms with Crippen molar-refractivity contribution < 1.29 is 24.2 Å². The standard InChI is InChI=1S/C24H24Cl2N2O5/c25-16-9-8-13(10-17(16)26)12-33-22(30)20(29)11-24(27,23(31)32)21-14-4-1-2-6-18(14)28-19-7-3-5-15(19)21/h1-2,4,6,8-10,15,19,21,28H,3,5,7,11-12,27H2,(H,31,32)/t15-,19+,21?,24?/m0/s1. The van der Waals surface area contributed by atoms with Gasteiger partial charge in [-0.25, -0.2) is 4.79 Å². The van der Waals surface area contributed by atoms with Gasteiger partial charge in [-0.2, -0.15) is 0 Å². The maximum absolute atomic E-state index is 12.8. The van der Waals surface area contributed by atoms with Gasteiger partial charge in [-0.1, -0.05) is 53.9 Å². The second-order valence-corrected chi connectivity index (χ2v) is 9.49. The number of benzene rings is 2. The molecule has 7 nitrogen and oxygen atoms in total. The van der Waals surface area contributed by atoms with Crippen molar-refractivity contribution in [1.29, 1.82) is 0 Å². The van der Waals surface area contributed by atoms with Crippen LogP contribution in [0.1, 0.15) is 42.7 Å². The van der Waals surface area contributed by atoms with Crippen molar-refractivity contribution in [2.24, 2.45) is 11.7 Å². The topological polar surface area (TPSA) is 119 Å². The molecule has 33 heavy (non-hydrogen) atoms. The summed E-state index contributed by atoms with van der Waals surface area (Å²) in [6, 6.07) is 12.2. The van der Waals surface area contributed by atoms with E-state index in [1.54, 1.807) is 12.1 Å². The monoisotopic (exact) mass is 490 g/mol. The fourth-order valence-corrected chi connectivity index (χ4v) is 5.39. The van der Waals surface area contributed by atoms with Gasteiger partial charge in [0.1, 0.15) is 12.1 Å². The number of anilines is 1. The second kappa shape index (κ2) is 9.33. The molecule has 0 spiro atoms. The first-order chi connectivity index (χ1) is 15.7. The number of para-hydroxylation sites is 1. The zero-order chi connectivity index (χ0) is 23.8. The van der Waals surface area contributed by atoms with Crippen LogP contribution in [0.15, 0.2) is 42.5 Å². The number of carboxylic acids is 1. The lowest BCUT2D eigenvalue weighted by atomic mass is 9.66. The maximum Gasteiger partial charge on any atom is 0.375 e. The fourth-order valence-electron chi connectivity index (χ4n) is 5.07. The van der Waals surface area contributed by atoms with Gasteiger partial charge in [0.25, 0.3) is 0 Å². The van der Waals surface area contributed by atoms with E-state index in [0.29, 0.717) is 15.6 Å². The highest BCUT2D eigenvalue weighted by Gasteiger charge is 2.54. The number of aliphatic carboxylic acids is 1. The highest BCUT2D eigenvalue weighted by atomic mass is 35.5. The lowest BCUT2D eigenvalue weighted by Crippen LogP contribution is -2.59. The Hall–Kier alpha value is -2.61. The number of carbonyl (C=O) groups excluding carboxylic acids is 2. The van der Waals surface area contributed by atoms with Gasteiger partial charge >= 0.3 is 11.9 Å². The van der Waals surface area contributed by atoms with E-state index >= 15 is 0 Å². The number of esters is 1. The van der Waals surface area contributed by atoms with Crippen LogP contribution in [0.2, 0.25) is 10.0 Å². The van der Waals surface area contributed by atoms with Crippen molar-refractivity contribution in [2.45, 2.75) is 49.8 Å². The molecular formula is C24H24Cl2N2O5. The smallest absolute Gasteiger partial charge is 0.375 e. The van der Waals surface area contributed by atoms with Crippen LogP contribution in [-0.4, -0.2) is 34.4 Å². The number of Topliss-reactive ketones (excluding diaryl/α,β-unsaturated/α-hetero) is 1. The van der Waals surface area contributed by atoms with Crippen molar-refractivity contribution in [1.82, 2.24) is 0 Å². The summed E-state index contributed by atoms with van der Waals surface area (Å²) in [7, 11) is 0. The van der Waals surface area contributed by atoms with E-state index in [9.17, 15) is 19.5 Å². The molecule has 0 saturated heterocycles. The van der Waals surface area contributed by atoms with Gasteiger partial charge < -0.3 is 20.9 Å². The van der Waals surface area contributed by atoms with E-state index in [1.165, 1.54) is 6.07 Å². The minimum atomic E-state index is -1.95. The molecule has 4 N–H and O–H groups in total. The van der Waals surface area contributed by atoms with Crippen LogP contribution in [0.5, 0.6) is 0 Å². The van der Waals surface area contributed by atoms with Crippen molar-refractivity contribution >= 4 is 46.6 Å². The van der Waals surface area contributed by atoms with Crippen LogP contribution in [0.3, 0.4) is 0 Å². The Morgan fingerprint density at radius 2 is 1.88 bits per heavy atom. The summed E-state index contributed by atoms with van der Waals surface area (Å²) in [5, 5.41) is 14.3. The van der Waals surface area contributed by atoms with Crippen LogP contribution in [0.25, 0.3) is 0 Å². The summed E-state index contributed by atoms with van der Waals surface area (Å²) in [4.78, 5) is 37.7. The zero-order valence-electron chi connectivity index (χ0n) is 17.7. The first kappa shape index (κ1) is 23.5. The lowest BCUT2D eigenvalue weighted by Gasteiger charge is -2.44. The number of fused-ring (bicyclic) bond motifs is 2. The molecule has 1 saturated carbocycles. The third-order valence-corrected chi connectivity index (χ3v) is 7.36. The SMILES string of the molecule is NC(CC(=O)C(=O)OCc1ccc(Cl)c(Cl)c1)(C(=O)O)C1c2ccccc2N[C@@H]2CCC[C@H]12. The predicted molar refractivity (Wildman–Crippen MR) is 124 cm³/mol. The molecule has 4 rings (SSSR count). The molecule has 1 aliphatic carbocycles. The van der Waals surface area contributed by atoms with Gasteiger partial charge in [-0.05, 0) is 48.1 Å². The molecule has 1 aliphatic heterocycles. The van der Waals surface area contributed by atoms with Crippen LogP contribution in [0.4, 0.5) is 5.69 Å². The number of nitrogens with one attached hydrogen (secondary N) is 1. The summed E-state index contributed by atoms with van der Waals surface area (Å²) in [6.45, 7) is -0.201. The van der Waals surface area contributed by atoms with Gasteiger partial charge in [0.2, 0.25) is 5.78 Å². The molecule has 2 aromatic rings. The molecular weight excluding hydrogens is 467 g/mol. The highest BCUT2D eigenvalue weighted by Crippen LogP contribution is 2.50. The summed E-state index contributed by atoms with van der Waals surface area (Å²) in [6.07, 6.45) is 1.95. The summed E-state index contributed by atoms with van der Waals surface area (Å²) < 4.78 is 5.10. The van der Waals surface area contributed by atoms with Gasteiger partial charge in [0, 0.05) is 24.1 Å². The summed E-state index contributed by atoms with van der Waals surface area (Å²) in [5.74, 6) is -4.11. The molecule has 174 valence electrons. The molecule has 2 unspecified atom stereocenters. The fraction of sp³-hybridized carbons (Fsp3) is 0.375. The number of carbonyl (C=O) groups is 3. The number of halogens is 2. The van der Waals surface area contributed by atoms with Gasteiger partial charge in [-0.3, -0.25) is 9.59 Å². The van der Waals surface area contributed by atoms with Crippen LogP contribution >= 0.6 is 23.2 Å². The number of hydrogen-bond donors (Lipinski definition) is 3. The number of ether oxygens (including phenoxy) is 1. The normalized spacial score (nSPS) is 22.9. The quantitative estimate of drug-likeness (QED) is 0.393. The van der Waals surface area contributed by atoms with Crippen molar-refractivity contribution in [3.8, 4) is 0 Å². The predicted octanol–water partition coefficient (Wildman–Crippen LogP) is 4.16. The van der Waals surface area contributed by atoms with Gasteiger partial charge in [-0.15, -0.1) is 0 Å². The zero-order valence-corrected chi connectivity index (χ0v) is 19.2. The Morgan fingerprint density at radius 1 is 1.12 bits per heavy atom. The highest BCUT2D eigenvalue weighted by molar-refractivity contribution is 6.42. The molecule has 1 fully saturated rings. The number of ketones is 1. The third kappa shape index (κ3) is 4.58. The summed E-state index contributed by atoms with van der Waals surface area (Å²) in [5.41, 5.74) is 6.64. The van der Waals surface area contributed by atoms with Crippen LogP contribution in [-0.2, 0) is 25.7 Å². The molecule has 4 atom stereocenters. The van der Waals surface area contributed by atoms with Crippen molar-refractivity contribution in [3.63, 3.8) is 0 Å². The first-order valence-corrected chi connectivity index (χ1v) is 11.5. The van der Waals surface area contributed by atoms with Gasteiger partial charge in [0.05, 0.1) is 10.0 Å². The molecule has 0 aromatic heterocycles. The Bertz CT molecular complexity index is 1110. The van der Waals surface area contributed by atoms with E-state index in [-0.39, 0.29) is 18.6 Å².